The van der Waals surface area contributed by atoms with Crippen LogP contribution in [0.3, 0.4) is 0 Å². The molecule has 0 saturated carbocycles. The molecule has 19 heavy (non-hydrogen) atoms. The third-order valence-corrected chi connectivity index (χ3v) is 3.17. The quantitative estimate of drug-likeness (QED) is 0.858. The van der Waals surface area contributed by atoms with Crippen molar-refractivity contribution < 1.29 is 8.91 Å². The van der Waals surface area contributed by atoms with Crippen LogP contribution in [-0.2, 0) is 6.42 Å². The van der Waals surface area contributed by atoms with Crippen molar-refractivity contribution >= 4 is 0 Å². The van der Waals surface area contributed by atoms with Gasteiger partial charge in [0.2, 0.25) is 5.89 Å². The van der Waals surface area contributed by atoms with Gasteiger partial charge < -0.3 is 10.3 Å². The summed E-state index contributed by atoms with van der Waals surface area (Å²) in [5.74, 6) is 0.986. The van der Waals surface area contributed by atoms with Crippen LogP contribution in [0.15, 0.2) is 40.9 Å². The number of rotatable bonds is 3. The topological polar surface area (TPSA) is 64.9 Å². The molecule has 1 aromatic carbocycles. The summed E-state index contributed by atoms with van der Waals surface area (Å²) in [4.78, 5) is 4.34. The molecule has 2 unspecified atom stereocenters. The first kappa shape index (κ1) is 12.0. The number of nitrogens with zero attached hydrogens (tertiary/aromatic N) is 2. The Morgan fingerprint density at radius 2 is 2.26 bits per heavy atom. The molecule has 1 aromatic heterocycles. The Hall–Kier alpha value is -2.01. The average Bonchev–Trinajstić information content (AvgIpc) is 2.98. The predicted octanol–water partition coefficient (Wildman–Crippen LogP) is 2.17. The van der Waals surface area contributed by atoms with Gasteiger partial charge in [-0.1, -0.05) is 29.4 Å². The average molecular weight is 259 g/mol. The Morgan fingerprint density at radius 1 is 1.37 bits per heavy atom. The van der Waals surface area contributed by atoms with Crippen LogP contribution in [-0.4, -0.2) is 16.2 Å². The molecule has 2 N–H and O–H groups in total. The molecule has 0 fully saturated rings. The fourth-order valence-corrected chi connectivity index (χ4v) is 2.23. The van der Waals surface area contributed by atoms with Gasteiger partial charge in [-0.2, -0.15) is 4.98 Å². The normalized spacial score (nSPS) is 22.0. The molecule has 0 radical (unpaired) electrons. The van der Waals surface area contributed by atoms with Gasteiger partial charge in [-0.25, -0.2) is 4.39 Å². The van der Waals surface area contributed by atoms with E-state index in [0.717, 1.165) is 12.0 Å². The third kappa shape index (κ3) is 2.71. The summed E-state index contributed by atoms with van der Waals surface area (Å²) in [6.07, 6.45) is 5.19. The Labute approximate surface area is 110 Å². The Kier molecular flexibility index (Phi) is 3.13. The van der Waals surface area contributed by atoms with E-state index in [1.165, 1.54) is 12.1 Å². The minimum Gasteiger partial charge on any atom is -0.339 e. The van der Waals surface area contributed by atoms with Crippen molar-refractivity contribution in [1.82, 2.24) is 10.1 Å². The van der Waals surface area contributed by atoms with E-state index in [0.29, 0.717) is 18.1 Å². The smallest absolute Gasteiger partial charge is 0.233 e. The predicted molar refractivity (Wildman–Crippen MR) is 68.0 cm³/mol. The van der Waals surface area contributed by atoms with Crippen LogP contribution in [0.1, 0.15) is 29.6 Å². The molecule has 3 rings (SSSR count). The fraction of sp³-hybridized carbons (Fsp3) is 0.286. The zero-order valence-electron chi connectivity index (χ0n) is 10.3. The van der Waals surface area contributed by atoms with Crippen LogP contribution in [0.25, 0.3) is 0 Å². The Balaban J connectivity index is 1.73. The van der Waals surface area contributed by atoms with Crippen LogP contribution in [0, 0.1) is 5.82 Å². The molecule has 1 heterocycles. The zero-order valence-corrected chi connectivity index (χ0v) is 10.3. The standard InChI is InChI=1S/C14H14FN3O/c15-11-3-1-2-9(6-11)7-13-17-14(19-18-13)10-4-5-12(16)8-10/h1-6,10,12H,7-8,16H2. The van der Waals surface area contributed by atoms with Crippen LogP contribution >= 0.6 is 0 Å². The summed E-state index contributed by atoms with van der Waals surface area (Å²) in [5, 5.41) is 3.93. The first-order chi connectivity index (χ1) is 9.20. The second-order valence-corrected chi connectivity index (χ2v) is 4.75. The molecule has 0 saturated heterocycles. The first-order valence-corrected chi connectivity index (χ1v) is 6.21. The van der Waals surface area contributed by atoms with Crippen molar-refractivity contribution in [2.75, 3.05) is 0 Å². The summed E-state index contributed by atoms with van der Waals surface area (Å²) in [5.41, 5.74) is 6.62. The van der Waals surface area contributed by atoms with Gasteiger partial charge in [-0.05, 0) is 24.1 Å². The highest BCUT2D eigenvalue weighted by atomic mass is 19.1. The maximum Gasteiger partial charge on any atom is 0.233 e. The number of nitrogens with two attached hydrogens (primary N) is 1. The van der Waals surface area contributed by atoms with Crippen molar-refractivity contribution in [1.29, 1.82) is 0 Å². The Morgan fingerprint density at radius 3 is 3.00 bits per heavy atom. The summed E-state index contributed by atoms with van der Waals surface area (Å²) in [6, 6.07) is 6.45. The molecule has 1 aliphatic carbocycles. The lowest BCUT2D eigenvalue weighted by molar-refractivity contribution is 0.360. The minimum atomic E-state index is -0.258. The van der Waals surface area contributed by atoms with Gasteiger partial charge in [-0.3, -0.25) is 0 Å². The number of hydrogen-bond acceptors (Lipinski definition) is 4. The van der Waals surface area contributed by atoms with Gasteiger partial charge in [0.1, 0.15) is 5.82 Å². The van der Waals surface area contributed by atoms with E-state index in [1.807, 2.05) is 18.2 Å². The molecule has 5 heteroatoms. The highest BCUT2D eigenvalue weighted by Crippen LogP contribution is 2.26. The van der Waals surface area contributed by atoms with E-state index >= 15 is 0 Å². The number of aromatic nitrogens is 2. The van der Waals surface area contributed by atoms with Crippen molar-refractivity contribution in [2.45, 2.75) is 24.8 Å². The molecule has 2 atom stereocenters. The molecule has 0 aliphatic heterocycles. The molecule has 2 aromatic rings. The molecule has 1 aliphatic rings. The van der Waals surface area contributed by atoms with E-state index in [1.54, 1.807) is 6.07 Å². The second kappa shape index (κ2) is 4.93. The van der Waals surface area contributed by atoms with Crippen molar-refractivity contribution in [3.05, 3.63) is 59.5 Å². The van der Waals surface area contributed by atoms with E-state index in [9.17, 15) is 4.39 Å². The summed E-state index contributed by atoms with van der Waals surface area (Å²) < 4.78 is 18.3. The molecule has 0 spiro atoms. The lowest BCUT2D eigenvalue weighted by atomic mass is 10.1. The lowest BCUT2D eigenvalue weighted by Crippen LogP contribution is -2.14. The molecule has 98 valence electrons. The lowest BCUT2D eigenvalue weighted by Gasteiger charge is -2.02. The largest absolute Gasteiger partial charge is 0.339 e. The van der Waals surface area contributed by atoms with Gasteiger partial charge in [0.25, 0.3) is 0 Å². The van der Waals surface area contributed by atoms with E-state index in [4.69, 9.17) is 10.3 Å². The highest BCUT2D eigenvalue weighted by molar-refractivity contribution is 5.21. The third-order valence-electron chi connectivity index (χ3n) is 3.17. The van der Waals surface area contributed by atoms with Gasteiger partial charge in [0.05, 0.1) is 5.92 Å². The first-order valence-electron chi connectivity index (χ1n) is 6.21. The van der Waals surface area contributed by atoms with Crippen LogP contribution in [0.5, 0.6) is 0 Å². The van der Waals surface area contributed by atoms with E-state index in [2.05, 4.69) is 10.1 Å². The molecule has 0 bridgehead atoms. The number of allylic oxidation sites excluding steroid dienone is 1. The summed E-state index contributed by atoms with van der Waals surface area (Å²) in [6.45, 7) is 0. The number of hydrogen-bond donors (Lipinski definition) is 1. The van der Waals surface area contributed by atoms with Crippen LogP contribution < -0.4 is 5.73 Å². The summed E-state index contributed by atoms with van der Waals surface area (Å²) >= 11 is 0. The van der Waals surface area contributed by atoms with Crippen molar-refractivity contribution in [3.63, 3.8) is 0 Å². The maximum atomic E-state index is 13.1. The second-order valence-electron chi connectivity index (χ2n) is 4.75. The van der Waals surface area contributed by atoms with Gasteiger partial charge in [0, 0.05) is 12.5 Å². The zero-order chi connectivity index (χ0) is 13.2. The molecular formula is C14H14FN3O. The molecule has 0 amide bonds. The van der Waals surface area contributed by atoms with E-state index < -0.39 is 0 Å². The number of benzene rings is 1. The highest BCUT2D eigenvalue weighted by Gasteiger charge is 2.22. The van der Waals surface area contributed by atoms with E-state index in [-0.39, 0.29) is 17.8 Å². The van der Waals surface area contributed by atoms with Crippen molar-refractivity contribution in [2.24, 2.45) is 5.73 Å². The molecular weight excluding hydrogens is 245 g/mol. The van der Waals surface area contributed by atoms with Crippen LogP contribution in [0.4, 0.5) is 4.39 Å². The maximum absolute atomic E-state index is 13.1. The summed E-state index contributed by atoms with van der Waals surface area (Å²) in [7, 11) is 0. The van der Waals surface area contributed by atoms with Gasteiger partial charge in [-0.15, -0.1) is 0 Å². The van der Waals surface area contributed by atoms with Crippen molar-refractivity contribution in [3.8, 4) is 0 Å². The molecule has 4 nitrogen and oxygen atoms in total. The number of halogens is 1. The monoisotopic (exact) mass is 259 g/mol. The van der Waals surface area contributed by atoms with Crippen LogP contribution in [0.2, 0.25) is 0 Å². The van der Waals surface area contributed by atoms with Gasteiger partial charge >= 0.3 is 0 Å². The minimum absolute atomic E-state index is 0.0589. The Bertz CT molecular complexity index is 608. The SMILES string of the molecule is NC1C=CC(c2nc(Cc3cccc(F)c3)no2)C1. The fourth-order valence-electron chi connectivity index (χ4n) is 2.23. The van der Waals surface area contributed by atoms with Gasteiger partial charge in [0.15, 0.2) is 5.82 Å².